The van der Waals surface area contributed by atoms with Crippen LogP contribution >= 0.6 is 0 Å². The molecule has 2 aliphatic carbocycles. The normalized spacial score (nSPS) is 35.0. The molecule has 15 heavy (non-hydrogen) atoms. The van der Waals surface area contributed by atoms with Gasteiger partial charge in [-0.05, 0) is 63.3 Å². The van der Waals surface area contributed by atoms with Crippen molar-refractivity contribution in [1.82, 2.24) is 5.32 Å². The zero-order chi connectivity index (χ0) is 10.9. The Morgan fingerprint density at radius 1 is 1.13 bits per heavy atom. The van der Waals surface area contributed by atoms with E-state index in [9.17, 15) is 0 Å². The summed E-state index contributed by atoms with van der Waals surface area (Å²) in [5, 5.41) is 3.82. The van der Waals surface area contributed by atoms with Crippen molar-refractivity contribution >= 4 is 0 Å². The fourth-order valence-corrected chi connectivity index (χ4v) is 3.50. The Balaban J connectivity index is 1.78. The Hall–Kier alpha value is -0.0400. The van der Waals surface area contributed by atoms with Gasteiger partial charge in [0, 0.05) is 5.54 Å². The first-order chi connectivity index (χ1) is 7.17. The van der Waals surface area contributed by atoms with Gasteiger partial charge in [0.15, 0.2) is 0 Å². The molecule has 1 heteroatoms. The van der Waals surface area contributed by atoms with E-state index in [0.29, 0.717) is 5.54 Å². The van der Waals surface area contributed by atoms with E-state index in [1.807, 2.05) is 0 Å². The van der Waals surface area contributed by atoms with Gasteiger partial charge in [0.05, 0.1) is 0 Å². The molecule has 2 fully saturated rings. The topological polar surface area (TPSA) is 12.0 Å². The molecule has 1 N–H and O–H groups in total. The van der Waals surface area contributed by atoms with Gasteiger partial charge < -0.3 is 5.32 Å². The van der Waals surface area contributed by atoms with Crippen LogP contribution in [0.2, 0.25) is 0 Å². The van der Waals surface area contributed by atoms with Gasteiger partial charge in [0.25, 0.3) is 0 Å². The van der Waals surface area contributed by atoms with Crippen LogP contribution in [0.15, 0.2) is 0 Å². The van der Waals surface area contributed by atoms with E-state index in [-0.39, 0.29) is 0 Å². The zero-order valence-electron chi connectivity index (χ0n) is 10.7. The van der Waals surface area contributed by atoms with Gasteiger partial charge in [-0.1, -0.05) is 20.3 Å². The average Bonchev–Trinajstić information content (AvgIpc) is 2.87. The van der Waals surface area contributed by atoms with Crippen molar-refractivity contribution in [3.63, 3.8) is 0 Å². The molecule has 0 aromatic rings. The fourth-order valence-electron chi connectivity index (χ4n) is 3.50. The lowest BCUT2D eigenvalue weighted by Crippen LogP contribution is -2.44. The van der Waals surface area contributed by atoms with E-state index in [1.54, 1.807) is 6.42 Å². The Bertz CT molecular complexity index is 207. The molecule has 3 unspecified atom stereocenters. The summed E-state index contributed by atoms with van der Waals surface area (Å²) in [4.78, 5) is 0. The minimum atomic E-state index is 0.391. The molecule has 0 heterocycles. The van der Waals surface area contributed by atoms with Crippen LogP contribution in [0, 0.1) is 17.8 Å². The number of nitrogens with one attached hydrogen (secondary N) is 1. The first-order valence-corrected chi connectivity index (χ1v) is 6.92. The molecule has 1 nitrogen and oxygen atoms in total. The first kappa shape index (κ1) is 11.4. The predicted molar refractivity (Wildman–Crippen MR) is 65.9 cm³/mol. The lowest BCUT2D eigenvalue weighted by atomic mass is 9.87. The van der Waals surface area contributed by atoms with Gasteiger partial charge in [-0.15, -0.1) is 0 Å². The SMILES string of the molecule is CCC(C)(CC)NCC1CC2CCC1C2. The summed E-state index contributed by atoms with van der Waals surface area (Å²) in [6.07, 6.45) is 8.61. The van der Waals surface area contributed by atoms with Crippen molar-refractivity contribution in [1.29, 1.82) is 0 Å². The molecule has 2 saturated carbocycles. The molecule has 0 saturated heterocycles. The first-order valence-electron chi connectivity index (χ1n) is 6.92. The van der Waals surface area contributed by atoms with E-state index >= 15 is 0 Å². The average molecular weight is 209 g/mol. The van der Waals surface area contributed by atoms with Crippen molar-refractivity contribution in [2.75, 3.05) is 6.54 Å². The summed E-state index contributed by atoms with van der Waals surface area (Å²) in [7, 11) is 0. The van der Waals surface area contributed by atoms with E-state index in [2.05, 4.69) is 26.1 Å². The van der Waals surface area contributed by atoms with Crippen LogP contribution in [0.3, 0.4) is 0 Å². The predicted octanol–water partition coefficient (Wildman–Crippen LogP) is 3.59. The van der Waals surface area contributed by atoms with Crippen molar-refractivity contribution in [2.45, 2.75) is 64.8 Å². The second-order valence-corrected chi connectivity index (χ2v) is 6.08. The molecule has 2 aliphatic rings. The second kappa shape index (κ2) is 4.45. The van der Waals surface area contributed by atoms with Crippen molar-refractivity contribution in [3.8, 4) is 0 Å². The Morgan fingerprint density at radius 3 is 2.33 bits per heavy atom. The van der Waals surface area contributed by atoms with Gasteiger partial charge in [0.1, 0.15) is 0 Å². The van der Waals surface area contributed by atoms with Gasteiger partial charge in [0.2, 0.25) is 0 Å². The number of hydrogen-bond donors (Lipinski definition) is 1. The summed E-state index contributed by atoms with van der Waals surface area (Å²) in [6, 6.07) is 0. The van der Waals surface area contributed by atoms with Crippen molar-refractivity contribution < 1.29 is 0 Å². The maximum Gasteiger partial charge on any atom is 0.0148 e. The highest BCUT2D eigenvalue weighted by atomic mass is 15.0. The highest BCUT2D eigenvalue weighted by Gasteiger charge is 2.39. The van der Waals surface area contributed by atoms with Gasteiger partial charge >= 0.3 is 0 Å². The molecule has 2 rings (SSSR count). The van der Waals surface area contributed by atoms with E-state index in [0.717, 1.165) is 17.8 Å². The van der Waals surface area contributed by atoms with Crippen LogP contribution in [0.5, 0.6) is 0 Å². The minimum absolute atomic E-state index is 0.391. The van der Waals surface area contributed by atoms with Crippen LogP contribution in [0.1, 0.15) is 59.3 Å². The number of hydrogen-bond acceptors (Lipinski definition) is 1. The van der Waals surface area contributed by atoms with Crippen LogP contribution in [0.25, 0.3) is 0 Å². The van der Waals surface area contributed by atoms with E-state index in [4.69, 9.17) is 0 Å². The molecule has 88 valence electrons. The summed E-state index contributed by atoms with van der Waals surface area (Å²) < 4.78 is 0. The van der Waals surface area contributed by atoms with Crippen LogP contribution in [-0.2, 0) is 0 Å². The van der Waals surface area contributed by atoms with E-state index in [1.165, 1.54) is 38.6 Å². The van der Waals surface area contributed by atoms with Crippen LogP contribution < -0.4 is 5.32 Å². The highest BCUT2D eigenvalue weighted by molar-refractivity contribution is 4.92. The van der Waals surface area contributed by atoms with Gasteiger partial charge in [-0.3, -0.25) is 0 Å². The number of fused-ring (bicyclic) bond motifs is 2. The second-order valence-electron chi connectivity index (χ2n) is 6.08. The third kappa shape index (κ3) is 2.38. The Kier molecular flexibility index (Phi) is 3.39. The molecule has 0 aromatic heterocycles. The quantitative estimate of drug-likeness (QED) is 0.729. The Labute approximate surface area is 95.0 Å². The molecular weight excluding hydrogens is 182 g/mol. The molecule has 0 aromatic carbocycles. The lowest BCUT2D eigenvalue weighted by molar-refractivity contribution is 0.257. The third-order valence-corrected chi connectivity index (χ3v) is 5.24. The highest BCUT2D eigenvalue weighted by Crippen LogP contribution is 2.48. The molecule has 3 atom stereocenters. The van der Waals surface area contributed by atoms with Gasteiger partial charge in [-0.25, -0.2) is 0 Å². The summed E-state index contributed by atoms with van der Waals surface area (Å²) >= 11 is 0. The summed E-state index contributed by atoms with van der Waals surface area (Å²) in [5.74, 6) is 3.16. The molecule has 0 spiro atoms. The number of rotatable bonds is 5. The maximum atomic E-state index is 3.82. The molecule has 0 aliphatic heterocycles. The van der Waals surface area contributed by atoms with Crippen molar-refractivity contribution in [2.24, 2.45) is 17.8 Å². The Morgan fingerprint density at radius 2 is 1.87 bits per heavy atom. The maximum absolute atomic E-state index is 3.82. The van der Waals surface area contributed by atoms with Crippen LogP contribution in [-0.4, -0.2) is 12.1 Å². The minimum Gasteiger partial charge on any atom is -0.311 e. The largest absolute Gasteiger partial charge is 0.311 e. The van der Waals surface area contributed by atoms with Gasteiger partial charge in [-0.2, -0.15) is 0 Å². The molecule has 2 bridgehead atoms. The van der Waals surface area contributed by atoms with Crippen molar-refractivity contribution in [3.05, 3.63) is 0 Å². The smallest absolute Gasteiger partial charge is 0.0148 e. The zero-order valence-corrected chi connectivity index (χ0v) is 10.7. The fraction of sp³-hybridized carbons (Fsp3) is 1.00. The molecular formula is C14H27N. The van der Waals surface area contributed by atoms with Crippen LogP contribution in [0.4, 0.5) is 0 Å². The summed E-state index contributed by atoms with van der Waals surface area (Å²) in [6.45, 7) is 8.26. The van der Waals surface area contributed by atoms with E-state index < -0.39 is 0 Å². The third-order valence-electron chi connectivity index (χ3n) is 5.24. The lowest BCUT2D eigenvalue weighted by Gasteiger charge is -2.32. The monoisotopic (exact) mass is 209 g/mol. The molecule has 0 amide bonds. The summed E-state index contributed by atoms with van der Waals surface area (Å²) in [5.41, 5.74) is 0.391. The molecule has 0 radical (unpaired) electrons. The standard InChI is InChI=1S/C14H27N/c1-4-14(3,5-2)15-10-13-9-11-6-7-12(13)8-11/h11-13,15H,4-10H2,1-3H3.